The molecule has 4 rings (SSSR count). The summed E-state index contributed by atoms with van der Waals surface area (Å²) in [5.41, 5.74) is 4.00. The van der Waals surface area contributed by atoms with Crippen LogP contribution in [0.5, 0.6) is 0 Å². The lowest BCUT2D eigenvalue weighted by Crippen LogP contribution is -2.33. The summed E-state index contributed by atoms with van der Waals surface area (Å²) < 4.78 is 2.15. The third kappa shape index (κ3) is 6.55. The Hall–Kier alpha value is -3.58. The number of fused-ring (bicyclic) bond motifs is 1. The Morgan fingerprint density at radius 2 is 1.58 bits per heavy atom. The van der Waals surface area contributed by atoms with Gasteiger partial charge in [-0.3, -0.25) is 9.59 Å². The van der Waals surface area contributed by atoms with Crippen molar-refractivity contribution in [2.75, 3.05) is 0 Å². The number of para-hydroxylation sites is 2. The predicted molar refractivity (Wildman–Crippen MR) is 144 cm³/mol. The summed E-state index contributed by atoms with van der Waals surface area (Å²) in [5.74, 6) is -2.04. The number of carbonyl (C=O) groups is 2. The summed E-state index contributed by atoms with van der Waals surface area (Å²) in [5, 5.41) is 13.5. The van der Waals surface area contributed by atoms with E-state index in [1.807, 2.05) is 79.7 Å². The molecule has 0 spiro atoms. The fourth-order valence-corrected chi connectivity index (χ4v) is 5.71. The molecule has 0 saturated heterocycles. The summed E-state index contributed by atoms with van der Waals surface area (Å²) in [4.78, 5) is 29.9. The Balaban J connectivity index is 1.56. The van der Waals surface area contributed by atoms with Crippen LogP contribution < -0.4 is 5.32 Å². The van der Waals surface area contributed by atoms with E-state index in [-0.39, 0.29) is 17.6 Å². The normalized spacial score (nSPS) is 12.8. The Bertz CT molecular complexity index is 1290. The van der Waals surface area contributed by atoms with Gasteiger partial charge in [0.2, 0.25) is 5.91 Å². The van der Waals surface area contributed by atoms with Gasteiger partial charge in [-0.15, -0.1) is 0 Å². The number of aliphatic carboxylic acids is 1. The lowest BCUT2D eigenvalue weighted by molar-refractivity contribution is -0.144. The Morgan fingerprint density at radius 3 is 2.25 bits per heavy atom. The minimum atomic E-state index is -0.957. The molecule has 0 radical (unpaired) electrons. The van der Waals surface area contributed by atoms with Crippen molar-refractivity contribution in [3.8, 4) is 0 Å². The Labute approximate surface area is 215 Å². The number of hydrogen-bond donors (Lipinski definition) is 2. The van der Waals surface area contributed by atoms with Crippen molar-refractivity contribution in [1.29, 1.82) is 0 Å². The van der Waals surface area contributed by atoms with Crippen LogP contribution in [0.1, 0.15) is 37.3 Å². The zero-order valence-electron chi connectivity index (χ0n) is 20.3. The number of thioether (sulfide) groups is 1. The standard InChI is InChI=1S/C29H31N3O3S/c1-2-11-26(23(28(34)35)18-27(33)30-19-21-12-5-3-6-13-21)36-29-31-24-16-9-10-17-25(24)32(29)20-22-14-7-4-8-15-22/h3-10,12-17,23,26H,2,11,18-20H2,1H3,(H,30,33)(H,34,35). The molecule has 0 aliphatic heterocycles. The number of carbonyl (C=O) groups excluding carboxylic acids is 1. The molecular weight excluding hydrogens is 470 g/mol. The van der Waals surface area contributed by atoms with Gasteiger partial charge in [-0.2, -0.15) is 0 Å². The van der Waals surface area contributed by atoms with Crippen LogP contribution in [0.3, 0.4) is 0 Å². The van der Waals surface area contributed by atoms with Crippen molar-refractivity contribution in [2.24, 2.45) is 5.92 Å². The number of amides is 1. The van der Waals surface area contributed by atoms with Crippen molar-refractivity contribution in [3.05, 3.63) is 96.1 Å². The first kappa shape index (κ1) is 25.5. The summed E-state index contributed by atoms with van der Waals surface area (Å²) in [7, 11) is 0. The predicted octanol–water partition coefficient (Wildman–Crippen LogP) is 5.75. The van der Waals surface area contributed by atoms with E-state index >= 15 is 0 Å². The van der Waals surface area contributed by atoms with Gasteiger partial charge >= 0.3 is 5.97 Å². The number of aromatic nitrogens is 2. The lowest BCUT2D eigenvalue weighted by Gasteiger charge is -2.23. The third-order valence-corrected chi connectivity index (χ3v) is 7.53. The van der Waals surface area contributed by atoms with Crippen LogP contribution in [-0.4, -0.2) is 31.8 Å². The average Bonchev–Trinajstić information content (AvgIpc) is 3.23. The van der Waals surface area contributed by atoms with Gasteiger partial charge < -0.3 is 15.0 Å². The molecule has 1 heterocycles. The fourth-order valence-electron chi connectivity index (χ4n) is 4.27. The molecule has 0 aliphatic carbocycles. The maximum Gasteiger partial charge on any atom is 0.308 e. The van der Waals surface area contributed by atoms with Crippen molar-refractivity contribution >= 4 is 34.7 Å². The summed E-state index contributed by atoms with van der Waals surface area (Å²) >= 11 is 1.47. The number of imidazole rings is 1. The molecule has 0 aliphatic rings. The van der Waals surface area contributed by atoms with E-state index in [4.69, 9.17) is 4.98 Å². The number of carboxylic acid groups (broad SMARTS) is 1. The van der Waals surface area contributed by atoms with E-state index in [0.717, 1.165) is 33.7 Å². The Morgan fingerprint density at radius 1 is 0.944 bits per heavy atom. The van der Waals surface area contributed by atoms with Gasteiger partial charge in [0.1, 0.15) is 0 Å². The highest BCUT2D eigenvalue weighted by Crippen LogP contribution is 2.35. The highest BCUT2D eigenvalue weighted by atomic mass is 32.2. The van der Waals surface area contributed by atoms with Crippen molar-refractivity contribution in [1.82, 2.24) is 14.9 Å². The lowest BCUT2D eigenvalue weighted by atomic mass is 9.97. The molecule has 6 nitrogen and oxygen atoms in total. The van der Waals surface area contributed by atoms with Crippen LogP contribution in [0.25, 0.3) is 11.0 Å². The second-order valence-electron chi connectivity index (χ2n) is 8.81. The van der Waals surface area contributed by atoms with Crippen LogP contribution >= 0.6 is 11.8 Å². The molecule has 1 aromatic heterocycles. The summed E-state index contributed by atoms with van der Waals surface area (Å²) in [6.45, 7) is 3.05. The molecule has 0 fully saturated rings. The molecule has 2 unspecified atom stereocenters. The van der Waals surface area contributed by atoms with E-state index in [1.165, 1.54) is 11.8 Å². The topological polar surface area (TPSA) is 84.2 Å². The minimum Gasteiger partial charge on any atom is -0.481 e. The van der Waals surface area contributed by atoms with Gasteiger partial charge in [0.15, 0.2) is 5.16 Å². The second kappa shape index (κ2) is 12.4. The average molecular weight is 502 g/mol. The molecule has 186 valence electrons. The first-order valence-corrected chi connectivity index (χ1v) is 13.1. The van der Waals surface area contributed by atoms with E-state index in [9.17, 15) is 14.7 Å². The molecule has 0 bridgehead atoms. The monoisotopic (exact) mass is 501 g/mol. The number of hydrogen-bond acceptors (Lipinski definition) is 4. The van der Waals surface area contributed by atoms with Crippen LogP contribution in [0.15, 0.2) is 90.1 Å². The van der Waals surface area contributed by atoms with Crippen LogP contribution in [0.4, 0.5) is 0 Å². The highest BCUT2D eigenvalue weighted by Gasteiger charge is 2.32. The molecule has 2 N–H and O–H groups in total. The number of carboxylic acids is 1. The SMILES string of the molecule is CCCC(Sc1nc2ccccc2n1Cc1ccccc1)C(CC(=O)NCc1ccccc1)C(=O)O. The molecule has 7 heteroatoms. The van der Waals surface area contributed by atoms with Gasteiger partial charge in [0.25, 0.3) is 0 Å². The van der Waals surface area contributed by atoms with E-state index in [2.05, 4.69) is 22.0 Å². The van der Waals surface area contributed by atoms with Crippen molar-refractivity contribution in [2.45, 2.75) is 49.7 Å². The zero-order valence-corrected chi connectivity index (χ0v) is 21.2. The largest absolute Gasteiger partial charge is 0.481 e. The molecular formula is C29H31N3O3S. The van der Waals surface area contributed by atoms with Crippen LogP contribution in [0, 0.1) is 5.92 Å². The van der Waals surface area contributed by atoms with Gasteiger partial charge in [-0.1, -0.05) is 97.9 Å². The number of rotatable bonds is 12. The van der Waals surface area contributed by atoms with Gasteiger partial charge in [0.05, 0.1) is 23.5 Å². The molecule has 4 aromatic rings. The first-order chi connectivity index (χ1) is 17.5. The van der Waals surface area contributed by atoms with E-state index in [0.29, 0.717) is 19.5 Å². The summed E-state index contributed by atoms with van der Waals surface area (Å²) in [6.07, 6.45) is 1.41. The van der Waals surface area contributed by atoms with Crippen molar-refractivity contribution in [3.63, 3.8) is 0 Å². The third-order valence-electron chi connectivity index (χ3n) is 6.14. The zero-order chi connectivity index (χ0) is 25.3. The smallest absolute Gasteiger partial charge is 0.308 e. The highest BCUT2D eigenvalue weighted by molar-refractivity contribution is 7.99. The molecule has 1 amide bonds. The van der Waals surface area contributed by atoms with Gasteiger partial charge in [-0.25, -0.2) is 4.98 Å². The second-order valence-corrected chi connectivity index (χ2v) is 10.0. The van der Waals surface area contributed by atoms with Gasteiger partial charge in [-0.05, 0) is 29.7 Å². The first-order valence-electron chi connectivity index (χ1n) is 12.2. The molecule has 2 atom stereocenters. The molecule has 0 saturated carbocycles. The summed E-state index contributed by atoms with van der Waals surface area (Å²) in [6, 6.07) is 27.7. The quantitative estimate of drug-likeness (QED) is 0.241. The van der Waals surface area contributed by atoms with E-state index < -0.39 is 11.9 Å². The van der Waals surface area contributed by atoms with Crippen LogP contribution in [-0.2, 0) is 22.7 Å². The number of nitrogens with zero attached hydrogens (tertiary/aromatic N) is 2. The van der Waals surface area contributed by atoms with Crippen molar-refractivity contribution < 1.29 is 14.7 Å². The van der Waals surface area contributed by atoms with Crippen LogP contribution in [0.2, 0.25) is 0 Å². The van der Waals surface area contributed by atoms with E-state index in [1.54, 1.807) is 0 Å². The molecule has 3 aromatic carbocycles. The maximum absolute atomic E-state index is 12.7. The number of benzene rings is 3. The fraction of sp³-hybridized carbons (Fsp3) is 0.276. The minimum absolute atomic E-state index is 0.0707. The number of nitrogens with one attached hydrogen (secondary N) is 1. The maximum atomic E-state index is 12.7. The molecule has 36 heavy (non-hydrogen) atoms. The van der Waals surface area contributed by atoms with Gasteiger partial charge in [0, 0.05) is 18.2 Å². The Kier molecular flexibility index (Phi) is 8.79.